The summed E-state index contributed by atoms with van der Waals surface area (Å²) in [7, 11) is -5.00. The number of carbonyl (C=O) groups is 3. The van der Waals surface area contributed by atoms with E-state index in [9.17, 15) is 32.5 Å². The number of nitrogens with zero attached hydrogens (tertiary/aromatic N) is 1. The first kappa shape index (κ1) is 22.3. The average Bonchev–Trinajstić information content (AvgIpc) is 2.76. The van der Waals surface area contributed by atoms with Crippen LogP contribution in [0.2, 0.25) is 0 Å². The molecule has 1 fully saturated rings. The van der Waals surface area contributed by atoms with E-state index in [2.05, 4.69) is 4.84 Å². The summed E-state index contributed by atoms with van der Waals surface area (Å²) in [6.45, 7) is 0. The topological polar surface area (TPSA) is 141 Å². The predicted molar refractivity (Wildman–Crippen MR) is 85.2 cm³/mol. The molecule has 1 saturated heterocycles. The van der Waals surface area contributed by atoms with E-state index in [0.29, 0.717) is 9.13 Å². The van der Waals surface area contributed by atoms with Crippen molar-refractivity contribution in [2.45, 2.75) is 24.5 Å². The van der Waals surface area contributed by atoms with Crippen molar-refractivity contribution in [1.29, 1.82) is 0 Å². The fourth-order valence-corrected chi connectivity index (χ4v) is 3.27. The molecule has 12 heteroatoms. The molecule has 1 N–H and O–H groups in total. The van der Waals surface area contributed by atoms with Crippen molar-refractivity contribution >= 4 is 50.5 Å². The predicted octanol–water partition coefficient (Wildman–Crippen LogP) is -2.94. The van der Waals surface area contributed by atoms with Crippen LogP contribution in [0.15, 0.2) is 18.2 Å². The molecule has 9 nitrogen and oxygen atoms in total. The minimum atomic E-state index is -5.00. The average molecular weight is 489 g/mol. The van der Waals surface area contributed by atoms with Gasteiger partial charge in [-0.05, 0) is 46.7 Å². The summed E-state index contributed by atoms with van der Waals surface area (Å²) in [5.41, 5.74) is 0.716. The summed E-state index contributed by atoms with van der Waals surface area (Å²) in [5.74, 6) is -3.25. The number of carbonyl (C=O) groups excluding carboxylic acids is 3. The van der Waals surface area contributed by atoms with Gasteiger partial charge in [0.05, 0.1) is 16.4 Å². The second kappa shape index (κ2) is 8.77. The third-order valence-electron chi connectivity index (χ3n) is 3.23. The first-order chi connectivity index (χ1) is 11.1. The normalized spacial score (nSPS) is 17.4. The van der Waals surface area contributed by atoms with Gasteiger partial charge in [-0.1, -0.05) is 6.07 Å². The number of aromatic hydroxyl groups is 1. The Morgan fingerprint density at radius 2 is 2.04 bits per heavy atom. The van der Waals surface area contributed by atoms with Crippen LogP contribution in [0.5, 0.6) is 5.75 Å². The van der Waals surface area contributed by atoms with Crippen LogP contribution in [0.4, 0.5) is 0 Å². The molecule has 0 bridgehead atoms. The molecule has 1 unspecified atom stereocenters. The summed E-state index contributed by atoms with van der Waals surface area (Å²) >= 11 is 1.91. The minimum Gasteiger partial charge on any atom is -0.747 e. The SMILES string of the molecule is O=C(CCc1ccc(O)c([125I])c1)ON1C(=O)CC(S(=O)(=O)[O-])C1=O.[Na+]. The molecular formula is C13H11INNaO8S. The number of aryl methyl sites for hydroxylation is 1. The molecule has 25 heavy (non-hydrogen) atoms. The Balaban J connectivity index is 0.00000312. The van der Waals surface area contributed by atoms with Gasteiger partial charge in [0.15, 0.2) is 0 Å². The van der Waals surface area contributed by atoms with Gasteiger partial charge < -0.3 is 14.5 Å². The van der Waals surface area contributed by atoms with E-state index in [1.807, 2.05) is 22.6 Å². The maximum atomic E-state index is 11.7. The summed E-state index contributed by atoms with van der Waals surface area (Å²) in [5, 5.41) is 7.38. The fraction of sp³-hybridized carbons (Fsp3) is 0.308. The summed E-state index contributed by atoms with van der Waals surface area (Å²) in [6, 6.07) is 4.70. The molecule has 1 atom stereocenters. The zero-order valence-electron chi connectivity index (χ0n) is 13.0. The third kappa shape index (κ3) is 5.62. The van der Waals surface area contributed by atoms with E-state index in [1.165, 1.54) is 6.07 Å². The largest absolute Gasteiger partial charge is 1.00 e. The number of benzene rings is 1. The molecule has 0 aromatic heterocycles. The molecule has 0 saturated carbocycles. The van der Waals surface area contributed by atoms with Gasteiger partial charge in [-0.3, -0.25) is 9.59 Å². The van der Waals surface area contributed by atoms with E-state index >= 15 is 0 Å². The van der Waals surface area contributed by atoms with E-state index in [4.69, 9.17) is 0 Å². The van der Waals surface area contributed by atoms with E-state index < -0.39 is 39.6 Å². The summed E-state index contributed by atoms with van der Waals surface area (Å²) in [4.78, 5) is 39.5. The number of hydroxylamine groups is 2. The number of amides is 2. The Hall–Kier alpha value is -0.730. The van der Waals surface area contributed by atoms with Crippen molar-refractivity contribution in [3.8, 4) is 5.75 Å². The number of imide groups is 1. The molecule has 0 aliphatic carbocycles. The zero-order chi connectivity index (χ0) is 18.1. The van der Waals surface area contributed by atoms with Crippen molar-refractivity contribution in [3.63, 3.8) is 0 Å². The number of phenolic OH excluding ortho intramolecular Hbond substituents is 1. The monoisotopic (exact) mass is 489 g/mol. The van der Waals surface area contributed by atoms with Crippen LogP contribution in [0.1, 0.15) is 18.4 Å². The fourth-order valence-electron chi connectivity index (χ4n) is 2.00. The molecule has 1 aromatic carbocycles. The van der Waals surface area contributed by atoms with Crippen LogP contribution in [-0.4, -0.2) is 46.2 Å². The van der Waals surface area contributed by atoms with Gasteiger partial charge >= 0.3 is 35.5 Å². The van der Waals surface area contributed by atoms with Crippen LogP contribution in [-0.2, 0) is 35.8 Å². The van der Waals surface area contributed by atoms with Gasteiger partial charge in [0, 0.05) is 0 Å². The summed E-state index contributed by atoms with van der Waals surface area (Å²) < 4.78 is 33.2. The Labute approximate surface area is 178 Å². The van der Waals surface area contributed by atoms with Crippen molar-refractivity contribution in [2.24, 2.45) is 0 Å². The Morgan fingerprint density at radius 3 is 2.56 bits per heavy atom. The van der Waals surface area contributed by atoms with Crippen LogP contribution in [0.3, 0.4) is 0 Å². The Kier molecular flexibility index (Phi) is 7.83. The molecule has 1 aromatic rings. The van der Waals surface area contributed by atoms with Crippen molar-refractivity contribution in [3.05, 3.63) is 27.3 Å². The molecule has 1 heterocycles. The molecule has 2 amide bonds. The van der Waals surface area contributed by atoms with Gasteiger partial charge in [0.25, 0.3) is 11.8 Å². The van der Waals surface area contributed by atoms with E-state index in [0.717, 1.165) is 0 Å². The van der Waals surface area contributed by atoms with E-state index in [-0.39, 0.29) is 53.2 Å². The van der Waals surface area contributed by atoms with Gasteiger partial charge in [-0.15, -0.1) is 5.06 Å². The maximum absolute atomic E-state index is 11.7. The number of hydrogen-bond acceptors (Lipinski definition) is 8. The minimum absolute atomic E-state index is 0. The van der Waals surface area contributed by atoms with Crippen LogP contribution < -0.4 is 29.6 Å². The molecule has 2 rings (SSSR count). The van der Waals surface area contributed by atoms with Gasteiger partial charge in [0.1, 0.15) is 21.1 Å². The second-order valence-corrected chi connectivity index (χ2v) is 7.68. The smallest absolute Gasteiger partial charge is 0.747 e. The molecule has 1 aliphatic rings. The van der Waals surface area contributed by atoms with E-state index in [1.54, 1.807) is 12.1 Å². The molecule has 0 radical (unpaired) electrons. The second-order valence-electron chi connectivity index (χ2n) is 4.96. The first-order valence-electron chi connectivity index (χ1n) is 6.59. The van der Waals surface area contributed by atoms with Gasteiger partial charge in [-0.25, -0.2) is 13.2 Å². The molecule has 130 valence electrons. The summed E-state index contributed by atoms with van der Waals surface area (Å²) in [6.07, 6.45) is -0.810. The Bertz CT molecular complexity index is 812. The molecular weight excluding hydrogens is 478 g/mol. The van der Waals surface area contributed by atoms with Crippen molar-refractivity contribution < 1.29 is 66.9 Å². The zero-order valence-corrected chi connectivity index (χ0v) is 17.9. The molecule has 1 aliphatic heterocycles. The van der Waals surface area contributed by atoms with Crippen LogP contribution >= 0.6 is 22.6 Å². The Morgan fingerprint density at radius 1 is 1.40 bits per heavy atom. The standard InChI is InChI=1S/C13H12INO8S.Na/c14-8-5-7(1-3-9(8)16)2-4-12(18)23-15-11(17)6-10(13(15)19)24(20,21)22;/h1,3,5,10,16H,2,4,6H2,(H,20,21,22);/q;+1/p-1/i14-2;. The van der Waals surface area contributed by atoms with Gasteiger partial charge in [-0.2, -0.15) is 0 Å². The number of phenols is 1. The number of rotatable bonds is 5. The molecule has 0 spiro atoms. The maximum Gasteiger partial charge on any atom is 1.00 e. The quantitative estimate of drug-likeness (QED) is 0.201. The third-order valence-corrected chi connectivity index (χ3v) is 5.16. The van der Waals surface area contributed by atoms with Crippen LogP contribution in [0, 0.1) is 3.57 Å². The number of halogens is 1. The van der Waals surface area contributed by atoms with Crippen LogP contribution in [0.25, 0.3) is 0 Å². The van der Waals surface area contributed by atoms with Crippen molar-refractivity contribution in [1.82, 2.24) is 5.06 Å². The van der Waals surface area contributed by atoms with Crippen molar-refractivity contribution in [2.75, 3.05) is 0 Å². The number of hydrogen-bond donors (Lipinski definition) is 1. The van der Waals surface area contributed by atoms with Gasteiger partial charge in [0.2, 0.25) is 0 Å². The first-order valence-corrected chi connectivity index (χ1v) is 9.14.